The van der Waals surface area contributed by atoms with Crippen LogP contribution in [-0.2, 0) is 0 Å². The van der Waals surface area contributed by atoms with Gasteiger partial charge in [-0.3, -0.25) is 0 Å². The highest BCUT2D eigenvalue weighted by Crippen LogP contribution is 2.22. The summed E-state index contributed by atoms with van der Waals surface area (Å²) in [5.41, 5.74) is 0. The molecular weight excluding hydrogens is 258 g/mol. The zero-order valence-electron chi connectivity index (χ0n) is 12.2. The van der Waals surface area contributed by atoms with Crippen LogP contribution in [0.1, 0.15) is 26.2 Å². The molecule has 0 amide bonds. The number of hydrogen-bond donors (Lipinski definition) is 2. The van der Waals surface area contributed by atoms with E-state index in [4.69, 9.17) is 4.74 Å². The van der Waals surface area contributed by atoms with Crippen molar-refractivity contribution in [2.75, 3.05) is 43.6 Å². The molecule has 0 radical (unpaired) electrons. The van der Waals surface area contributed by atoms with E-state index in [9.17, 15) is 5.11 Å². The topological polar surface area (TPSA) is 83.4 Å². The lowest BCUT2D eigenvalue weighted by molar-refractivity contribution is 0.202. The molecule has 0 spiro atoms. The van der Waals surface area contributed by atoms with E-state index in [1.807, 2.05) is 6.92 Å². The van der Waals surface area contributed by atoms with Gasteiger partial charge in [0.1, 0.15) is 0 Å². The summed E-state index contributed by atoms with van der Waals surface area (Å²) in [6.45, 7) is 4.61. The molecule has 0 unspecified atom stereocenters. The second-order valence-electron chi connectivity index (χ2n) is 4.95. The summed E-state index contributed by atoms with van der Waals surface area (Å²) in [4.78, 5) is 15.1. The van der Waals surface area contributed by atoms with Crippen molar-refractivity contribution >= 4 is 11.9 Å². The van der Waals surface area contributed by atoms with E-state index in [2.05, 4.69) is 25.2 Å². The first-order valence-electron chi connectivity index (χ1n) is 7.19. The number of piperidine rings is 1. The Bertz CT molecular complexity index is 421. The first kappa shape index (κ1) is 14.8. The SMILES string of the molecule is CCCOc1nc(NC)nc(N2CCC(CO)CC2)n1. The Morgan fingerprint density at radius 2 is 2.05 bits per heavy atom. The van der Waals surface area contributed by atoms with Crippen molar-refractivity contribution in [3.8, 4) is 6.01 Å². The molecule has 1 aliphatic rings. The van der Waals surface area contributed by atoms with Crippen LogP contribution >= 0.6 is 0 Å². The van der Waals surface area contributed by atoms with Crippen LogP contribution < -0.4 is 15.0 Å². The van der Waals surface area contributed by atoms with E-state index in [0.717, 1.165) is 32.4 Å². The number of hydrogen-bond acceptors (Lipinski definition) is 7. The Balaban J connectivity index is 2.10. The molecule has 2 heterocycles. The quantitative estimate of drug-likeness (QED) is 0.802. The van der Waals surface area contributed by atoms with Crippen LogP contribution in [0.3, 0.4) is 0 Å². The first-order chi connectivity index (χ1) is 9.76. The van der Waals surface area contributed by atoms with E-state index in [1.54, 1.807) is 7.05 Å². The highest BCUT2D eigenvalue weighted by molar-refractivity contribution is 5.38. The minimum atomic E-state index is 0.262. The summed E-state index contributed by atoms with van der Waals surface area (Å²) in [7, 11) is 1.78. The molecule has 7 nitrogen and oxygen atoms in total. The van der Waals surface area contributed by atoms with Gasteiger partial charge in [-0.05, 0) is 25.2 Å². The first-order valence-corrected chi connectivity index (χ1v) is 7.19. The monoisotopic (exact) mass is 281 g/mol. The molecule has 0 aromatic carbocycles. The molecule has 1 aliphatic heterocycles. The maximum absolute atomic E-state index is 9.18. The minimum absolute atomic E-state index is 0.262. The summed E-state index contributed by atoms with van der Waals surface area (Å²) in [6, 6.07) is 0.366. The average molecular weight is 281 g/mol. The number of nitrogens with zero attached hydrogens (tertiary/aromatic N) is 4. The molecule has 0 bridgehead atoms. The standard InChI is InChI=1S/C13H23N5O2/c1-3-8-20-13-16-11(14-2)15-12(17-13)18-6-4-10(9-19)5-7-18/h10,19H,3-9H2,1-2H3,(H,14,15,16,17). The predicted molar refractivity (Wildman–Crippen MR) is 77.2 cm³/mol. The zero-order valence-corrected chi connectivity index (χ0v) is 12.2. The number of rotatable bonds is 6. The van der Waals surface area contributed by atoms with E-state index in [1.165, 1.54) is 0 Å². The van der Waals surface area contributed by atoms with E-state index in [-0.39, 0.29) is 6.61 Å². The molecule has 0 atom stereocenters. The van der Waals surface area contributed by atoms with Crippen LogP contribution in [0.15, 0.2) is 0 Å². The van der Waals surface area contributed by atoms with Crippen molar-refractivity contribution in [1.82, 2.24) is 15.0 Å². The molecule has 2 rings (SSSR count). The third-order valence-corrected chi connectivity index (χ3v) is 3.42. The zero-order chi connectivity index (χ0) is 14.4. The summed E-state index contributed by atoms with van der Waals surface area (Å²) < 4.78 is 5.50. The van der Waals surface area contributed by atoms with Gasteiger partial charge in [-0.15, -0.1) is 0 Å². The Morgan fingerprint density at radius 3 is 2.65 bits per heavy atom. The molecule has 20 heavy (non-hydrogen) atoms. The molecule has 1 fully saturated rings. The third kappa shape index (κ3) is 3.69. The van der Waals surface area contributed by atoms with Gasteiger partial charge in [0, 0.05) is 26.7 Å². The Hall–Kier alpha value is -1.63. The maximum Gasteiger partial charge on any atom is 0.323 e. The van der Waals surface area contributed by atoms with Crippen LogP contribution in [0.4, 0.5) is 11.9 Å². The molecule has 112 valence electrons. The van der Waals surface area contributed by atoms with Gasteiger partial charge in [0.2, 0.25) is 11.9 Å². The fourth-order valence-electron chi connectivity index (χ4n) is 2.17. The van der Waals surface area contributed by atoms with Gasteiger partial charge in [-0.2, -0.15) is 15.0 Å². The van der Waals surface area contributed by atoms with E-state index >= 15 is 0 Å². The molecule has 1 aromatic rings. The second kappa shape index (κ2) is 7.23. The summed E-state index contributed by atoms with van der Waals surface area (Å²) in [6.07, 6.45) is 2.84. The highest BCUT2D eigenvalue weighted by Gasteiger charge is 2.21. The fraction of sp³-hybridized carbons (Fsp3) is 0.769. The fourth-order valence-corrected chi connectivity index (χ4v) is 2.17. The predicted octanol–water partition coefficient (Wildman–Crippen LogP) is 0.911. The van der Waals surface area contributed by atoms with Crippen LogP contribution in [-0.4, -0.2) is 53.4 Å². The van der Waals surface area contributed by atoms with Crippen molar-refractivity contribution in [3.05, 3.63) is 0 Å². The van der Waals surface area contributed by atoms with E-state index < -0.39 is 0 Å². The number of aliphatic hydroxyl groups excluding tert-OH is 1. The smallest absolute Gasteiger partial charge is 0.323 e. The summed E-state index contributed by atoms with van der Waals surface area (Å²) in [5.74, 6) is 1.56. The van der Waals surface area contributed by atoms with Gasteiger partial charge < -0.3 is 20.1 Å². The summed E-state index contributed by atoms with van der Waals surface area (Å²) in [5, 5.41) is 12.1. The average Bonchev–Trinajstić information content (AvgIpc) is 2.52. The van der Waals surface area contributed by atoms with Crippen molar-refractivity contribution in [2.45, 2.75) is 26.2 Å². The largest absolute Gasteiger partial charge is 0.463 e. The Labute approximate surface area is 119 Å². The van der Waals surface area contributed by atoms with Crippen molar-refractivity contribution in [1.29, 1.82) is 0 Å². The van der Waals surface area contributed by atoms with Crippen LogP contribution in [0.2, 0.25) is 0 Å². The van der Waals surface area contributed by atoms with Crippen LogP contribution in [0.5, 0.6) is 6.01 Å². The van der Waals surface area contributed by atoms with Crippen molar-refractivity contribution in [3.63, 3.8) is 0 Å². The lowest BCUT2D eigenvalue weighted by Gasteiger charge is -2.31. The maximum atomic E-state index is 9.18. The molecule has 0 aliphatic carbocycles. The lowest BCUT2D eigenvalue weighted by Crippen LogP contribution is -2.36. The van der Waals surface area contributed by atoms with Crippen LogP contribution in [0, 0.1) is 5.92 Å². The van der Waals surface area contributed by atoms with Crippen molar-refractivity contribution in [2.24, 2.45) is 5.92 Å². The number of ether oxygens (including phenoxy) is 1. The van der Waals surface area contributed by atoms with Gasteiger partial charge in [0.05, 0.1) is 6.61 Å². The summed E-state index contributed by atoms with van der Waals surface area (Å²) >= 11 is 0. The van der Waals surface area contributed by atoms with Gasteiger partial charge >= 0.3 is 6.01 Å². The third-order valence-electron chi connectivity index (χ3n) is 3.42. The molecule has 1 saturated heterocycles. The number of aromatic nitrogens is 3. The van der Waals surface area contributed by atoms with Gasteiger partial charge in [0.15, 0.2) is 0 Å². The number of anilines is 2. The van der Waals surface area contributed by atoms with Gasteiger partial charge in [-0.25, -0.2) is 0 Å². The molecule has 0 saturated carbocycles. The minimum Gasteiger partial charge on any atom is -0.463 e. The highest BCUT2D eigenvalue weighted by atomic mass is 16.5. The second-order valence-corrected chi connectivity index (χ2v) is 4.95. The Morgan fingerprint density at radius 1 is 1.30 bits per heavy atom. The Kier molecular flexibility index (Phi) is 5.34. The normalized spacial score (nSPS) is 16.2. The van der Waals surface area contributed by atoms with E-state index in [0.29, 0.717) is 30.4 Å². The van der Waals surface area contributed by atoms with Gasteiger partial charge in [0.25, 0.3) is 0 Å². The van der Waals surface area contributed by atoms with Crippen molar-refractivity contribution < 1.29 is 9.84 Å². The lowest BCUT2D eigenvalue weighted by atomic mass is 9.98. The number of aliphatic hydroxyl groups is 1. The molecule has 1 aromatic heterocycles. The van der Waals surface area contributed by atoms with Crippen LogP contribution in [0.25, 0.3) is 0 Å². The molecule has 7 heteroatoms. The van der Waals surface area contributed by atoms with Gasteiger partial charge in [-0.1, -0.05) is 6.92 Å². The molecule has 2 N–H and O–H groups in total. The number of nitrogens with one attached hydrogen (secondary N) is 1. The molecular formula is C13H23N5O2.